The summed E-state index contributed by atoms with van der Waals surface area (Å²) in [7, 11) is 0. The number of nitrogens with two attached hydrogens (primary N) is 1. The van der Waals surface area contributed by atoms with Gasteiger partial charge in [0.2, 0.25) is 0 Å². The summed E-state index contributed by atoms with van der Waals surface area (Å²) in [5.74, 6) is -0.142. The summed E-state index contributed by atoms with van der Waals surface area (Å²) in [5.41, 5.74) is 9.34. The minimum Gasteiger partial charge on any atom is -0.444 e. The lowest BCUT2D eigenvalue weighted by Gasteiger charge is -2.33. The number of aryl methyl sites for hydroxylation is 1. The fraction of sp³-hybridized carbons (Fsp3) is 0.407. The highest BCUT2D eigenvalue weighted by atomic mass is 16.6. The highest BCUT2D eigenvalue weighted by Crippen LogP contribution is 2.27. The molecule has 9 heteroatoms. The fourth-order valence-corrected chi connectivity index (χ4v) is 4.16. The Balaban J connectivity index is 1.42. The molecule has 0 atom stereocenters. The summed E-state index contributed by atoms with van der Waals surface area (Å²) < 4.78 is 7.41. The summed E-state index contributed by atoms with van der Waals surface area (Å²) >= 11 is 0. The van der Waals surface area contributed by atoms with Gasteiger partial charge in [-0.2, -0.15) is 5.10 Å². The molecule has 3 aromatic rings. The Morgan fingerprint density at radius 1 is 1.11 bits per heavy atom. The van der Waals surface area contributed by atoms with Crippen LogP contribution in [-0.2, 0) is 11.2 Å². The smallest absolute Gasteiger partial charge is 0.410 e. The van der Waals surface area contributed by atoms with Crippen LogP contribution in [0.5, 0.6) is 0 Å². The second-order valence-corrected chi connectivity index (χ2v) is 10.1. The van der Waals surface area contributed by atoms with E-state index in [0.29, 0.717) is 24.3 Å². The van der Waals surface area contributed by atoms with Crippen molar-refractivity contribution in [2.24, 2.45) is 0 Å². The van der Waals surface area contributed by atoms with Gasteiger partial charge in [-0.1, -0.05) is 19.1 Å². The number of benzene rings is 1. The number of hydrogen-bond donors (Lipinski definition) is 2. The number of anilines is 2. The first kappa shape index (κ1) is 25.2. The Morgan fingerprint density at radius 2 is 1.81 bits per heavy atom. The Bertz CT molecular complexity index is 1220. The van der Waals surface area contributed by atoms with E-state index >= 15 is 0 Å². The lowest BCUT2D eigenvalue weighted by Crippen LogP contribution is -2.42. The average Bonchev–Trinajstić information content (AvgIpc) is 3.34. The molecule has 0 bridgehead atoms. The van der Waals surface area contributed by atoms with Gasteiger partial charge in [0.1, 0.15) is 11.4 Å². The molecule has 36 heavy (non-hydrogen) atoms. The Hall–Kier alpha value is -3.88. The topological polar surface area (TPSA) is 115 Å². The summed E-state index contributed by atoms with van der Waals surface area (Å²) in [6.07, 6.45) is 7.58. The predicted molar refractivity (Wildman–Crippen MR) is 140 cm³/mol. The van der Waals surface area contributed by atoms with Crippen molar-refractivity contribution in [1.29, 1.82) is 0 Å². The monoisotopic (exact) mass is 490 g/mol. The number of aromatic nitrogens is 3. The third kappa shape index (κ3) is 6.02. The number of carbonyl (C=O) groups is 2. The molecule has 1 saturated heterocycles. The fourth-order valence-electron chi connectivity index (χ4n) is 4.16. The maximum Gasteiger partial charge on any atom is 0.410 e. The second kappa shape index (κ2) is 10.4. The molecule has 1 aromatic carbocycles. The van der Waals surface area contributed by atoms with Crippen LogP contribution in [0.25, 0.3) is 11.1 Å². The van der Waals surface area contributed by atoms with Crippen molar-refractivity contribution in [3.05, 3.63) is 60.0 Å². The molecular weight excluding hydrogens is 456 g/mol. The highest BCUT2D eigenvalue weighted by Gasteiger charge is 2.28. The van der Waals surface area contributed by atoms with Gasteiger partial charge >= 0.3 is 6.09 Å². The first-order valence-electron chi connectivity index (χ1n) is 12.3. The van der Waals surface area contributed by atoms with Gasteiger partial charge in [-0.05, 0) is 63.8 Å². The van der Waals surface area contributed by atoms with Crippen LogP contribution in [0.1, 0.15) is 62.5 Å². The van der Waals surface area contributed by atoms with E-state index in [9.17, 15) is 9.59 Å². The van der Waals surface area contributed by atoms with Crippen LogP contribution in [-0.4, -0.2) is 50.4 Å². The van der Waals surface area contributed by atoms with E-state index in [1.807, 2.05) is 55.9 Å². The number of piperidine rings is 1. The van der Waals surface area contributed by atoms with Crippen LogP contribution in [0.15, 0.2) is 48.9 Å². The van der Waals surface area contributed by atoms with Gasteiger partial charge in [-0.25, -0.2) is 9.78 Å². The van der Waals surface area contributed by atoms with Crippen molar-refractivity contribution < 1.29 is 14.3 Å². The Kier molecular flexibility index (Phi) is 7.28. The molecule has 0 unspecified atom stereocenters. The van der Waals surface area contributed by atoms with Gasteiger partial charge in [-0.15, -0.1) is 0 Å². The van der Waals surface area contributed by atoms with Crippen LogP contribution < -0.4 is 11.1 Å². The molecule has 0 spiro atoms. The van der Waals surface area contributed by atoms with E-state index in [1.165, 1.54) is 5.56 Å². The largest absolute Gasteiger partial charge is 0.444 e. The number of nitrogen functional groups attached to an aromatic ring is 1. The van der Waals surface area contributed by atoms with E-state index in [1.54, 1.807) is 23.4 Å². The maximum absolute atomic E-state index is 12.9. The predicted octanol–water partition coefficient (Wildman–Crippen LogP) is 4.91. The SMILES string of the molecule is CCc1ccc(NC(=O)c2cc(-c3cnn(C4CCN(C(=O)OC(C)(C)C)CC4)c3)cnc2N)cc1. The first-order chi connectivity index (χ1) is 17.1. The number of ether oxygens (including phenoxy) is 1. The summed E-state index contributed by atoms with van der Waals surface area (Å²) in [6.45, 7) is 8.92. The number of nitrogens with one attached hydrogen (secondary N) is 1. The maximum atomic E-state index is 12.9. The van der Waals surface area contributed by atoms with E-state index in [2.05, 4.69) is 22.3 Å². The normalized spacial score (nSPS) is 14.5. The molecule has 0 radical (unpaired) electrons. The summed E-state index contributed by atoms with van der Waals surface area (Å²) in [6, 6.07) is 9.64. The third-order valence-electron chi connectivity index (χ3n) is 6.21. The molecule has 1 aliphatic heterocycles. The zero-order valence-electron chi connectivity index (χ0n) is 21.3. The molecule has 0 aliphatic carbocycles. The van der Waals surface area contributed by atoms with Gasteiger partial charge in [-0.3, -0.25) is 9.48 Å². The highest BCUT2D eigenvalue weighted by molar-refractivity contribution is 6.07. The standard InChI is InChI=1S/C27H34N6O3/c1-5-18-6-8-21(9-7-18)31-25(34)23-14-19(15-29-24(23)28)20-16-30-33(17-20)22-10-12-32(13-11-22)26(35)36-27(2,3)4/h6-9,14-17,22H,5,10-13H2,1-4H3,(H2,28,29)(H,31,34). The van der Waals surface area contributed by atoms with Crippen LogP contribution in [0.4, 0.5) is 16.3 Å². The van der Waals surface area contributed by atoms with E-state index in [-0.39, 0.29) is 23.9 Å². The van der Waals surface area contributed by atoms with Crippen molar-refractivity contribution in [3.8, 4) is 11.1 Å². The van der Waals surface area contributed by atoms with E-state index in [4.69, 9.17) is 10.5 Å². The zero-order valence-corrected chi connectivity index (χ0v) is 21.3. The van der Waals surface area contributed by atoms with Gasteiger partial charge in [0, 0.05) is 42.3 Å². The lowest BCUT2D eigenvalue weighted by molar-refractivity contribution is 0.0184. The van der Waals surface area contributed by atoms with Crippen LogP contribution >= 0.6 is 0 Å². The molecule has 4 rings (SSSR count). The second-order valence-electron chi connectivity index (χ2n) is 10.1. The van der Waals surface area contributed by atoms with Crippen molar-refractivity contribution >= 4 is 23.5 Å². The zero-order chi connectivity index (χ0) is 25.9. The average molecular weight is 491 g/mol. The van der Waals surface area contributed by atoms with Gasteiger partial charge in [0.05, 0.1) is 17.8 Å². The molecular formula is C27H34N6O3. The summed E-state index contributed by atoms with van der Waals surface area (Å²) in [4.78, 5) is 31.2. The quantitative estimate of drug-likeness (QED) is 0.525. The lowest BCUT2D eigenvalue weighted by atomic mass is 10.1. The molecule has 2 amide bonds. The van der Waals surface area contributed by atoms with Gasteiger partial charge in [0.25, 0.3) is 5.91 Å². The van der Waals surface area contributed by atoms with E-state index < -0.39 is 5.60 Å². The molecule has 3 N–H and O–H groups in total. The van der Waals surface area contributed by atoms with Crippen molar-refractivity contribution in [2.75, 3.05) is 24.1 Å². The molecule has 3 heterocycles. The number of pyridine rings is 1. The minimum absolute atomic E-state index is 0.170. The van der Waals surface area contributed by atoms with Crippen molar-refractivity contribution in [3.63, 3.8) is 0 Å². The van der Waals surface area contributed by atoms with E-state index in [0.717, 1.165) is 30.4 Å². The van der Waals surface area contributed by atoms with Crippen LogP contribution in [0.3, 0.4) is 0 Å². The third-order valence-corrected chi connectivity index (χ3v) is 6.21. The molecule has 2 aromatic heterocycles. The van der Waals surface area contributed by atoms with Crippen molar-refractivity contribution in [2.45, 2.75) is 58.6 Å². The molecule has 1 aliphatic rings. The number of rotatable bonds is 5. The molecule has 9 nitrogen and oxygen atoms in total. The number of carbonyl (C=O) groups excluding carboxylic acids is 2. The van der Waals surface area contributed by atoms with Gasteiger partial charge in [0.15, 0.2) is 0 Å². The minimum atomic E-state index is -0.507. The number of nitrogens with zero attached hydrogens (tertiary/aromatic N) is 4. The molecule has 190 valence electrons. The number of hydrogen-bond acceptors (Lipinski definition) is 6. The summed E-state index contributed by atoms with van der Waals surface area (Å²) in [5, 5.41) is 7.44. The molecule has 0 saturated carbocycles. The number of amides is 2. The Morgan fingerprint density at radius 3 is 2.44 bits per heavy atom. The first-order valence-corrected chi connectivity index (χ1v) is 12.3. The Labute approximate surface area is 211 Å². The van der Waals surface area contributed by atoms with Gasteiger partial charge < -0.3 is 20.7 Å². The number of likely N-dealkylation sites (tertiary alicyclic amines) is 1. The molecule has 1 fully saturated rings. The van der Waals surface area contributed by atoms with Crippen LogP contribution in [0.2, 0.25) is 0 Å². The van der Waals surface area contributed by atoms with Crippen molar-refractivity contribution in [1.82, 2.24) is 19.7 Å². The van der Waals surface area contributed by atoms with Crippen LogP contribution in [0, 0.1) is 0 Å².